The fraction of sp³-hybridized carbons (Fsp3) is 0.0588. The Kier molecular flexibility index (Phi) is 5.53. The Morgan fingerprint density at radius 2 is 1.29 bits per heavy atom. The van der Waals surface area contributed by atoms with E-state index in [0.29, 0.717) is 0 Å². The van der Waals surface area contributed by atoms with E-state index in [2.05, 4.69) is 26.1 Å². The molecule has 0 radical (unpaired) electrons. The average Bonchev–Trinajstić information content (AvgIpc) is 2.41. The minimum absolute atomic E-state index is 1.15. The third kappa shape index (κ3) is 4.12. The molecule has 0 nitrogen and oxygen atoms in total. The lowest BCUT2D eigenvalue weighted by atomic mass is 10.0. The highest BCUT2D eigenvalue weighted by atomic mass is 14.0. The molecule has 0 aliphatic heterocycles. The van der Waals surface area contributed by atoms with Gasteiger partial charge < -0.3 is 0 Å². The Hall–Kier alpha value is -2.08. The normalized spacial score (nSPS) is 8.76. The second-order valence-corrected chi connectivity index (χ2v) is 3.64. The number of hydrogen-bond donors (Lipinski definition) is 0. The maximum Gasteiger partial charge on any atom is -0.0161 e. The molecule has 17 heavy (non-hydrogen) atoms. The summed E-state index contributed by atoms with van der Waals surface area (Å²) < 4.78 is 0. The highest BCUT2D eigenvalue weighted by Gasteiger charge is 1.96. The van der Waals surface area contributed by atoms with Crippen LogP contribution in [0, 0.1) is 6.92 Å². The number of benzene rings is 2. The van der Waals surface area contributed by atoms with Gasteiger partial charge in [0.15, 0.2) is 0 Å². The van der Waals surface area contributed by atoms with Gasteiger partial charge in [0.2, 0.25) is 0 Å². The molecule has 2 aromatic rings. The van der Waals surface area contributed by atoms with Crippen molar-refractivity contribution in [3.8, 4) is 0 Å². The van der Waals surface area contributed by atoms with Crippen molar-refractivity contribution in [2.45, 2.75) is 6.92 Å². The van der Waals surface area contributed by atoms with Gasteiger partial charge in [0.1, 0.15) is 0 Å². The Morgan fingerprint density at radius 3 is 1.65 bits per heavy atom. The molecule has 0 heteroatoms. The van der Waals surface area contributed by atoms with Crippen LogP contribution in [0.2, 0.25) is 0 Å². The molecule has 0 saturated carbocycles. The molecule has 0 aliphatic rings. The summed E-state index contributed by atoms with van der Waals surface area (Å²) in [4.78, 5) is 0. The minimum atomic E-state index is 1.15. The first-order valence-electron chi connectivity index (χ1n) is 5.64. The summed E-state index contributed by atoms with van der Waals surface area (Å²) in [5.41, 5.74) is 3.58. The molecule has 0 amide bonds. The second kappa shape index (κ2) is 7.24. The van der Waals surface area contributed by atoms with Gasteiger partial charge in [-0.25, -0.2) is 0 Å². The fourth-order valence-electron chi connectivity index (χ4n) is 1.55. The van der Waals surface area contributed by atoms with Gasteiger partial charge in [-0.1, -0.05) is 79.9 Å². The lowest BCUT2D eigenvalue weighted by molar-refractivity contribution is 1.43. The topological polar surface area (TPSA) is 0 Å². The first-order chi connectivity index (χ1) is 8.29. The van der Waals surface area contributed by atoms with Gasteiger partial charge in [-0.2, -0.15) is 0 Å². The van der Waals surface area contributed by atoms with Crippen molar-refractivity contribution >= 4 is 12.2 Å². The molecule has 86 valence electrons. The van der Waals surface area contributed by atoms with Crippen LogP contribution in [0.15, 0.2) is 67.8 Å². The first-order valence-corrected chi connectivity index (χ1v) is 5.64. The van der Waals surface area contributed by atoms with Crippen LogP contribution in [0.3, 0.4) is 0 Å². The van der Waals surface area contributed by atoms with Gasteiger partial charge >= 0.3 is 0 Å². The van der Waals surface area contributed by atoms with Crippen LogP contribution < -0.4 is 0 Å². The van der Waals surface area contributed by atoms with Gasteiger partial charge in [0.25, 0.3) is 0 Å². The SMILES string of the molecule is C=Cc1cccc(C)c1C=C.c1ccccc1. The summed E-state index contributed by atoms with van der Waals surface area (Å²) in [5.74, 6) is 0. The minimum Gasteiger partial charge on any atom is -0.0984 e. The molecular formula is C17H18. The van der Waals surface area contributed by atoms with E-state index in [1.807, 2.05) is 60.7 Å². The second-order valence-electron chi connectivity index (χ2n) is 3.64. The molecule has 0 saturated heterocycles. The van der Waals surface area contributed by atoms with Crippen LogP contribution in [-0.4, -0.2) is 0 Å². The van der Waals surface area contributed by atoms with Gasteiger partial charge in [-0.05, 0) is 23.6 Å². The van der Waals surface area contributed by atoms with Crippen molar-refractivity contribution < 1.29 is 0 Å². The fourth-order valence-corrected chi connectivity index (χ4v) is 1.55. The predicted octanol–water partition coefficient (Wildman–Crippen LogP) is 4.97. The zero-order valence-electron chi connectivity index (χ0n) is 10.3. The lowest BCUT2D eigenvalue weighted by Gasteiger charge is -2.03. The highest BCUT2D eigenvalue weighted by Crippen LogP contribution is 2.15. The summed E-state index contributed by atoms with van der Waals surface area (Å²) in [6, 6.07) is 18.1. The third-order valence-electron chi connectivity index (χ3n) is 2.45. The highest BCUT2D eigenvalue weighted by molar-refractivity contribution is 5.65. The van der Waals surface area contributed by atoms with Gasteiger partial charge in [0.05, 0.1) is 0 Å². The van der Waals surface area contributed by atoms with Gasteiger partial charge in [-0.3, -0.25) is 0 Å². The molecule has 0 unspecified atom stereocenters. The summed E-state index contributed by atoms with van der Waals surface area (Å²) >= 11 is 0. The Balaban J connectivity index is 0.000000202. The summed E-state index contributed by atoms with van der Waals surface area (Å²) in [7, 11) is 0. The van der Waals surface area contributed by atoms with Gasteiger partial charge in [-0.15, -0.1) is 0 Å². The molecule has 0 N–H and O–H groups in total. The van der Waals surface area contributed by atoms with Crippen molar-refractivity contribution in [1.29, 1.82) is 0 Å². The van der Waals surface area contributed by atoms with E-state index < -0.39 is 0 Å². The van der Waals surface area contributed by atoms with E-state index in [1.54, 1.807) is 0 Å². The molecule has 0 aromatic heterocycles. The molecule has 0 aliphatic carbocycles. The summed E-state index contributed by atoms with van der Waals surface area (Å²) in [6.45, 7) is 9.56. The molecule has 2 rings (SSSR count). The summed E-state index contributed by atoms with van der Waals surface area (Å²) in [5, 5.41) is 0. The molecule has 0 atom stereocenters. The lowest BCUT2D eigenvalue weighted by Crippen LogP contribution is -1.83. The van der Waals surface area contributed by atoms with Crippen molar-refractivity contribution in [1.82, 2.24) is 0 Å². The van der Waals surface area contributed by atoms with Crippen LogP contribution in [0.1, 0.15) is 16.7 Å². The Labute approximate surface area is 104 Å². The van der Waals surface area contributed by atoms with Crippen molar-refractivity contribution in [3.05, 3.63) is 84.4 Å². The molecule has 2 aromatic carbocycles. The van der Waals surface area contributed by atoms with E-state index in [-0.39, 0.29) is 0 Å². The smallest absolute Gasteiger partial charge is 0.0161 e. The van der Waals surface area contributed by atoms with Crippen LogP contribution in [0.25, 0.3) is 12.2 Å². The maximum atomic E-state index is 3.75. The number of rotatable bonds is 2. The molecule has 0 spiro atoms. The molecule has 0 bridgehead atoms. The monoisotopic (exact) mass is 222 g/mol. The van der Waals surface area contributed by atoms with Crippen LogP contribution in [0.4, 0.5) is 0 Å². The van der Waals surface area contributed by atoms with Crippen LogP contribution in [0.5, 0.6) is 0 Å². The van der Waals surface area contributed by atoms with E-state index in [4.69, 9.17) is 0 Å². The third-order valence-corrected chi connectivity index (χ3v) is 2.45. The first kappa shape index (κ1) is 13.0. The van der Waals surface area contributed by atoms with E-state index in [9.17, 15) is 0 Å². The number of aryl methyl sites for hydroxylation is 1. The van der Waals surface area contributed by atoms with E-state index in [0.717, 1.165) is 5.56 Å². The zero-order valence-corrected chi connectivity index (χ0v) is 10.3. The average molecular weight is 222 g/mol. The van der Waals surface area contributed by atoms with Gasteiger partial charge in [0, 0.05) is 0 Å². The number of hydrogen-bond acceptors (Lipinski definition) is 0. The Morgan fingerprint density at radius 1 is 0.765 bits per heavy atom. The van der Waals surface area contributed by atoms with Crippen molar-refractivity contribution in [2.75, 3.05) is 0 Å². The van der Waals surface area contributed by atoms with Crippen LogP contribution in [-0.2, 0) is 0 Å². The largest absolute Gasteiger partial charge is 0.0984 e. The standard InChI is InChI=1S/C11H12.C6H6/c1-4-10-8-6-7-9(3)11(10)5-2;1-2-4-6-5-3-1/h4-8H,1-2H2,3H3;1-6H. The quantitative estimate of drug-likeness (QED) is 0.673. The maximum absolute atomic E-state index is 3.75. The van der Waals surface area contributed by atoms with Crippen LogP contribution >= 0.6 is 0 Å². The van der Waals surface area contributed by atoms with Crippen molar-refractivity contribution in [3.63, 3.8) is 0 Å². The predicted molar refractivity (Wildman–Crippen MR) is 77.8 cm³/mol. The molecule has 0 fully saturated rings. The van der Waals surface area contributed by atoms with E-state index >= 15 is 0 Å². The zero-order chi connectivity index (χ0) is 12.5. The molecule has 0 heterocycles. The summed E-state index contributed by atoms with van der Waals surface area (Å²) in [6.07, 6.45) is 3.72. The van der Waals surface area contributed by atoms with Crippen molar-refractivity contribution in [2.24, 2.45) is 0 Å². The van der Waals surface area contributed by atoms with E-state index in [1.165, 1.54) is 11.1 Å². The molecular weight excluding hydrogens is 204 g/mol. The Bertz CT molecular complexity index is 440.